The topological polar surface area (TPSA) is 76.6 Å². The maximum atomic E-state index is 12.8. The van der Waals surface area contributed by atoms with Gasteiger partial charge in [-0.3, -0.25) is 0 Å². The highest BCUT2D eigenvalue weighted by atomic mass is 32.1. The molecule has 1 N–H and O–H groups in total. The van der Waals surface area contributed by atoms with Crippen LogP contribution in [0.5, 0.6) is 11.5 Å². The predicted molar refractivity (Wildman–Crippen MR) is 114 cm³/mol. The zero-order valence-corrected chi connectivity index (χ0v) is 17.2. The molecule has 5 rings (SSSR count). The monoisotopic (exact) mass is 422 g/mol. The Balaban J connectivity index is 1.22. The zero-order valence-electron chi connectivity index (χ0n) is 16.4. The Morgan fingerprint density at radius 3 is 2.90 bits per heavy atom. The molecule has 7 nitrogen and oxygen atoms in total. The van der Waals surface area contributed by atoms with E-state index in [1.54, 1.807) is 17.4 Å². The summed E-state index contributed by atoms with van der Waals surface area (Å²) >= 11 is 1.65. The quantitative estimate of drug-likeness (QED) is 0.680. The van der Waals surface area contributed by atoms with Crippen molar-refractivity contribution < 1.29 is 14.3 Å². The van der Waals surface area contributed by atoms with Crippen molar-refractivity contribution in [2.75, 3.05) is 25.2 Å². The lowest BCUT2D eigenvalue weighted by atomic mass is 9.99. The Hall–Kier alpha value is -3.13. The highest BCUT2D eigenvalue weighted by Gasteiger charge is 2.27. The Morgan fingerprint density at radius 1 is 1.13 bits per heavy atom. The van der Waals surface area contributed by atoms with Gasteiger partial charge in [0.15, 0.2) is 11.5 Å². The predicted octanol–water partition coefficient (Wildman–Crippen LogP) is 4.27. The molecule has 8 heteroatoms. The smallest absolute Gasteiger partial charge is 0.321 e. The van der Waals surface area contributed by atoms with Crippen molar-refractivity contribution in [1.82, 2.24) is 15.1 Å². The van der Waals surface area contributed by atoms with E-state index in [1.165, 1.54) is 5.56 Å². The lowest BCUT2D eigenvalue weighted by molar-refractivity contribution is 0.174. The molecule has 30 heavy (non-hydrogen) atoms. The van der Waals surface area contributed by atoms with E-state index >= 15 is 0 Å². The van der Waals surface area contributed by atoms with Gasteiger partial charge in [-0.2, -0.15) is 0 Å². The van der Waals surface area contributed by atoms with E-state index < -0.39 is 0 Å². The van der Waals surface area contributed by atoms with Crippen LogP contribution in [0.3, 0.4) is 0 Å². The number of aromatic nitrogens is 2. The molecule has 1 saturated heterocycles. The minimum atomic E-state index is -0.104. The van der Waals surface area contributed by atoms with Crippen LogP contribution >= 0.6 is 11.3 Å². The van der Waals surface area contributed by atoms with Crippen molar-refractivity contribution >= 4 is 23.1 Å². The highest BCUT2D eigenvalue weighted by molar-refractivity contribution is 7.11. The summed E-state index contributed by atoms with van der Waals surface area (Å²) in [6, 6.07) is 15.6. The van der Waals surface area contributed by atoms with Crippen molar-refractivity contribution in [3.8, 4) is 11.5 Å². The summed E-state index contributed by atoms with van der Waals surface area (Å²) in [7, 11) is 0. The molecule has 1 fully saturated rings. The first-order chi connectivity index (χ1) is 14.7. The number of benzene rings is 2. The molecule has 2 aromatic carbocycles. The zero-order chi connectivity index (χ0) is 20.3. The van der Waals surface area contributed by atoms with Crippen LogP contribution in [0.4, 0.5) is 10.5 Å². The third-order valence-corrected chi connectivity index (χ3v) is 6.45. The largest absolute Gasteiger partial charge is 0.454 e. The van der Waals surface area contributed by atoms with E-state index in [9.17, 15) is 4.79 Å². The molecule has 1 atom stereocenters. The number of piperidine rings is 1. The average molecular weight is 423 g/mol. The van der Waals surface area contributed by atoms with Crippen molar-refractivity contribution in [1.29, 1.82) is 0 Å². The van der Waals surface area contributed by atoms with Gasteiger partial charge in [-0.1, -0.05) is 30.3 Å². The summed E-state index contributed by atoms with van der Waals surface area (Å²) in [5, 5.41) is 13.8. The van der Waals surface area contributed by atoms with Gasteiger partial charge in [-0.15, -0.1) is 21.5 Å². The number of carbonyl (C=O) groups is 1. The molecule has 2 aliphatic heterocycles. The van der Waals surface area contributed by atoms with Gasteiger partial charge in [0.1, 0.15) is 10.0 Å². The number of urea groups is 1. The molecule has 2 aliphatic rings. The number of hydrogen-bond donors (Lipinski definition) is 1. The fraction of sp³-hybridized carbons (Fsp3) is 0.318. The Labute approximate surface area is 178 Å². The Kier molecular flexibility index (Phi) is 5.23. The van der Waals surface area contributed by atoms with Crippen LogP contribution in [0.25, 0.3) is 0 Å². The summed E-state index contributed by atoms with van der Waals surface area (Å²) < 4.78 is 10.7. The maximum absolute atomic E-state index is 12.8. The Bertz CT molecular complexity index is 1040. The van der Waals surface area contributed by atoms with Gasteiger partial charge in [-0.05, 0) is 30.5 Å². The number of anilines is 1. The van der Waals surface area contributed by atoms with Crippen molar-refractivity contribution in [2.24, 2.45) is 0 Å². The standard InChI is InChI=1S/C22H22N4O3S/c27-22(23-17-8-9-18-19(12-17)29-14-28-18)26-10-4-7-16(13-26)21-25-24-20(30-21)11-15-5-2-1-3-6-15/h1-3,5-6,8-9,12,16H,4,7,10-11,13-14H2,(H,23,27)/t16-/m0/s1. The van der Waals surface area contributed by atoms with E-state index in [-0.39, 0.29) is 18.7 Å². The molecular weight excluding hydrogens is 400 g/mol. The first-order valence-corrected chi connectivity index (χ1v) is 10.9. The number of nitrogens with zero attached hydrogens (tertiary/aromatic N) is 3. The minimum Gasteiger partial charge on any atom is -0.454 e. The number of rotatable bonds is 4. The first kappa shape index (κ1) is 18.9. The fourth-order valence-electron chi connectivity index (χ4n) is 3.81. The van der Waals surface area contributed by atoms with Gasteiger partial charge in [0, 0.05) is 37.2 Å². The van der Waals surface area contributed by atoms with Gasteiger partial charge >= 0.3 is 6.03 Å². The number of carbonyl (C=O) groups excluding carboxylic acids is 1. The van der Waals surface area contributed by atoms with Gasteiger partial charge in [0.05, 0.1) is 0 Å². The number of nitrogens with one attached hydrogen (secondary N) is 1. The second-order valence-corrected chi connectivity index (χ2v) is 8.57. The van der Waals surface area contributed by atoms with Crippen LogP contribution < -0.4 is 14.8 Å². The SMILES string of the molecule is O=C(Nc1ccc2c(c1)OCO2)N1CCC[C@H](c2nnc(Cc3ccccc3)s2)C1. The molecule has 2 amide bonds. The normalized spacial score (nSPS) is 17.7. The summed E-state index contributed by atoms with van der Waals surface area (Å²) in [6.07, 6.45) is 2.76. The third-order valence-electron chi connectivity index (χ3n) is 5.36. The fourth-order valence-corrected chi connectivity index (χ4v) is 4.82. The van der Waals surface area contributed by atoms with Crippen molar-refractivity contribution in [3.05, 3.63) is 64.1 Å². The minimum absolute atomic E-state index is 0.104. The van der Waals surface area contributed by atoms with Crippen LogP contribution in [-0.4, -0.2) is 41.0 Å². The number of ether oxygens (including phenoxy) is 2. The number of amides is 2. The lowest BCUT2D eigenvalue weighted by Crippen LogP contribution is -2.41. The lowest BCUT2D eigenvalue weighted by Gasteiger charge is -2.31. The number of likely N-dealkylation sites (tertiary alicyclic amines) is 1. The van der Waals surface area contributed by atoms with Crippen LogP contribution in [-0.2, 0) is 6.42 Å². The summed E-state index contributed by atoms with van der Waals surface area (Å²) in [6.45, 7) is 1.60. The summed E-state index contributed by atoms with van der Waals surface area (Å²) in [5.74, 6) is 1.58. The molecule has 0 saturated carbocycles. The van der Waals surface area contributed by atoms with Crippen LogP contribution in [0.1, 0.15) is 34.3 Å². The third kappa shape index (κ3) is 4.09. The number of fused-ring (bicyclic) bond motifs is 1. The second kappa shape index (κ2) is 8.31. The van der Waals surface area contributed by atoms with Gasteiger partial charge < -0.3 is 19.7 Å². The molecule has 3 aromatic rings. The van der Waals surface area contributed by atoms with Crippen LogP contribution in [0.2, 0.25) is 0 Å². The molecule has 154 valence electrons. The molecule has 0 spiro atoms. The highest BCUT2D eigenvalue weighted by Crippen LogP contribution is 2.35. The second-order valence-electron chi connectivity index (χ2n) is 7.48. The molecule has 0 radical (unpaired) electrons. The molecule has 3 heterocycles. The molecule has 0 aliphatic carbocycles. The van der Waals surface area contributed by atoms with Gasteiger partial charge in [0.25, 0.3) is 0 Å². The maximum Gasteiger partial charge on any atom is 0.321 e. The van der Waals surface area contributed by atoms with E-state index in [0.29, 0.717) is 23.7 Å². The molecule has 0 bridgehead atoms. The molecule has 0 unspecified atom stereocenters. The van der Waals surface area contributed by atoms with Gasteiger partial charge in [0.2, 0.25) is 6.79 Å². The van der Waals surface area contributed by atoms with E-state index in [0.717, 1.165) is 35.8 Å². The van der Waals surface area contributed by atoms with E-state index in [1.807, 2.05) is 35.2 Å². The first-order valence-electron chi connectivity index (χ1n) is 10.1. The van der Waals surface area contributed by atoms with E-state index in [2.05, 4.69) is 27.6 Å². The summed E-state index contributed by atoms with van der Waals surface area (Å²) in [4.78, 5) is 14.7. The molecule has 1 aromatic heterocycles. The number of hydrogen-bond acceptors (Lipinski definition) is 6. The summed E-state index contributed by atoms with van der Waals surface area (Å²) in [5.41, 5.74) is 1.93. The Morgan fingerprint density at radius 2 is 2.00 bits per heavy atom. The van der Waals surface area contributed by atoms with Gasteiger partial charge in [-0.25, -0.2) is 4.79 Å². The van der Waals surface area contributed by atoms with Crippen molar-refractivity contribution in [2.45, 2.75) is 25.2 Å². The van der Waals surface area contributed by atoms with Crippen molar-refractivity contribution in [3.63, 3.8) is 0 Å². The van der Waals surface area contributed by atoms with Crippen LogP contribution in [0, 0.1) is 0 Å². The average Bonchev–Trinajstić information content (AvgIpc) is 3.44. The molecular formula is C22H22N4O3S. The van der Waals surface area contributed by atoms with E-state index in [4.69, 9.17) is 9.47 Å². The van der Waals surface area contributed by atoms with Crippen LogP contribution in [0.15, 0.2) is 48.5 Å².